The van der Waals surface area contributed by atoms with Crippen molar-refractivity contribution in [1.29, 1.82) is 5.26 Å². The minimum atomic E-state index is -1.30. The zero-order chi connectivity index (χ0) is 42.6. The third-order valence-corrected chi connectivity index (χ3v) is 11.3. The molecule has 0 saturated heterocycles. The van der Waals surface area contributed by atoms with Crippen LogP contribution in [0.5, 0.6) is 11.5 Å². The van der Waals surface area contributed by atoms with Crippen LogP contribution in [0.1, 0.15) is 49.8 Å². The van der Waals surface area contributed by atoms with Crippen LogP contribution in [-0.2, 0) is 40.4 Å². The molecule has 3 N–H and O–H groups in total. The van der Waals surface area contributed by atoms with Crippen molar-refractivity contribution in [2.24, 2.45) is 0 Å². The highest BCUT2D eigenvalue weighted by molar-refractivity contribution is 6.42. The second-order valence-corrected chi connectivity index (χ2v) is 15.4. The monoisotopic (exact) mass is 851 g/mol. The number of ether oxygens (including phenoxy) is 2. The van der Waals surface area contributed by atoms with E-state index in [1.165, 1.54) is 17.3 Å². The van der Waals surface area contributed by atoms with Gasteiger partial charge in [0.1, 0.15) is 30.2 Å². The van der Waals surface area contributed by atoms with Crippen LogP contribution in [0.4, 0.5) is 5.69 Å². The number of benzene rings is 5. The van der Waals surface area contributed by atoms with Gasteiger partial charge in [-0.1, -0.05) is 77.8 Å². The van der Waals surface area contributed by atoms with Crippen molar-refractivity contribution in [3.05, 3.63) is 177 Å². The van der Waals surface area contributed by atoms with Gasteiger partial charge in [0.05, 0.1) is 27.4 Å². The molecule has 0 saturated carbocycles. The molecule has 0 spiro atoms. The number of halogens is 2. The van der Waals surface area contributed by atoms with Gasteiger partial charge in [0.25, 0.3) is 11.8 Å². The Morgan fingerprint density at radius 3 is 2.25 bits per heavy atom. The first kappa shape index (κ1) is 40.6. The maximum atomic E-state index is 14.1. The van der Waals surface area contributed by atoms with Crippen molar-refractivity contribution < 1.29 is 33.8 Å². The van der Waals surface area contributed by atoms with E-state index in [-0.39, 0.29) is 26.0 Å². The molecule has 14 heteroatoms. The number of fused-ring (bicyclic) bond motifs is 2. The fraction of sp³-hybridized carbons (Fsp3) is 0.149. The minimum absolute atomic E-state index is 0.00322. The quantitative estimate of drug-likeness (QED) is 0.117. The van der Waals surface area contributed by atoms with E-state index >= 15 is 0 Å². The number of hydrogen-bond acceptors (Lipinski definition) is 8. The molecule has 0 fully saturated rings. The molecule has 3 unspecified atom stereocenters. The van der Waals surface area contributed by atoms with E-state index in [1.54, 1.807) is 84.9 Å². The van der Waals surface area contributed by atoms with Gasteiger partial charge in [-0.05, 0) is 94.0 Å². The fourth-order valence-electron chi connectivity index (χ4n) is 7.33. The first-order valence-corrected chi connectivity index (χ1v) is 19.9. The van der Waals surface area contributed by atoms with Gasteiger partial charge in [-0.25, -0.2) is 4.79 Å². The number of carboxylic acids is 1. The van der Waals surface area contributed by atoms with Crippen molar-refractivity contribution in [3.8, 4) is 28.7 Å². The molecule has 12 nitrogen and oxygen atoms in total. The third kappa shape index (κ3) is 9.04. The molecule has 0 bridgehead atoms. The minimum Gasteiger partial charge on any atom is -0.489 e. The number of nitriles is 1. The molecule has 0 aliphatic carbocycles. The second kappa shape index (κ2) is 17.6. The largest absolute Gasteiger partial charge is 0.489 e. The van der Waals surface area contributed by atoms with Gasteiger partial charge < -0.3 is 30.1 Å². The Balaban J connectivity index is 0.991. The van der Waals surface area contributed by atoms with Crippen molar-refractivity contribution in [2.45, 2.75) is 44.2 Å². The molecule has 2 aliphatic rings. The molecule has 2 aliphatic heterocycles. The normalized spacial score (nSPS) is 15.8. The molecule has 6 aromatic rings. The van der Waals surface area contributed by atoms with Crippen molar-refractivity contribution in [3.63, 3.8) is 0 Å². The van der Waals surface area contributed by atoms with E-state index < -0.39 is 41.9 Å². The number of rotatable bonds is 11. The van der Waals surface area contributed by atoms with Crippen LogP contribution in [0.25, 0.3) is 11.1 Å². The maximum absolute atomic E-state index is 14.1. The first-order valence-electron chi connectivity index (χ1n) is 19.2. The zero-order valence-electron chi connectivity index (χ0n) is 32.2. The molecule has 5 aromatic carbocycles. The average molecular weight is 853 g/mol. The van der Waals surface area contributed by atoms with Crippen LogP contribution in [0, 0.1) is 11.3 Å². The number of aromatic nitrogens is 1. The summed E-state index contributed by atoms with van der Waals surface area (Å²) in [5.74, 6) is -1.75. The Morgan fingerprint density at radius 2 is 1.57 bits per heavy atom. The highest BCUT2D eigenvalue weighted by Gasteiger charge is 2.39. The summed E-state index contributed by atoms with van der Waals surface area (Å²) in [6.45, 7) is 0.263. The summed E-state index contributed by atoms with van der Waals surface area (Å²) >= 11 is 12.2. The number of carbonyl (C=O) groups excluding carboxylic acids is 3. The van der Waals surface area contributed by atoms with Gasteiger partial charge in [0, 0.05) is 42.9 Å². The molecule has 304 valence electrons. The van der Waals surface area contributed by atoms with Crippen molar-refractivity contribution in [1.82, 2.24) is 15.2 Å². The fourth-order valence-corrected chi connectivity index (χ4v) is 7.65. The van der Waals surface area contributed by atoms with Crippen LogP contribution in [0.3, 0.4) is 0 Å². The molecule has 3 atom stereocenters. The molecule has 0 radical (unpaired) electrons. The SMILES string of the molecule is N#Cc1ccc(-c2ccc(CC(NC(=O)C3Cc4cc5c(cc4CN3C(=O)c3ccncc3)OC(c3ccc(OCc4ccc(Cl)c(Cl)c4)cc3)C(=O)N5)C(=O)O)cc2)cc1. The van der Waals surface area contributed by atoms with Crippen LogP contribution < -0.4 is 20.1 Å². The lowest BCUT2D eigenvalue weighted by Crippen LogP contribution is -2.56. The van der Waals surface area contributed by atoms with Gasteiger partial charge in [0.15, 0.2) is 0 Å². The molecule has 8 rings (SSSR count). The lowest BCUT2D eigenvalue weighted by molar-refractivity contribution is -0.142. The number of nitrogens with zero attached hydrogens (tertiary/aromatic N) is 3. The van der Waals surface area contributed by atoms with E-state index in [2.05, 4.69) is 21.7 Å². The highest BCUT2D eigenvalue weighted by Crippen LogP contribution is 2.40. The molecule has 1 aromatic heterocycles. The van der Waals surface area contributed by atoms with Crippen LogP contribution >= 0.6 is 23.2 Å². The number of carbonyl (C=O) groups is 4. The summed E-state index contributed by atoms with van der Waals surface area (Å²) in [6, 6.07) is 32.9. The number of aliphatic carboxylic acids is 1. The van der Waals surface area contributed by atoms with Gasteiger partial charge in [0.2, 0.25) is 12.0 Å². The Kier molecular flexibility index (Phi) is 11.7. The number of amides is 3. The van der Waals surface area contributed by atoms with Crippen LogP contribution in [0.15, 0.2) is 128 Å². The summed E-state index contributed by atoms with van der Waals surface area (Å²) in [7, 11) is 0. The number of carboxylic acid groups (broad SMARTS) is 1. The van der Waals surface area contributed by atoms with E-state index in [0.717, 1.165) is 16.7 Å². The van der Waals surface area contributed by atoms with Gasteiger partial charge in [-0.3, -0.25) is 19.4 Å². The molecule has 3 amide bonds. The summed E-state index contributed by atoms with van der Waals surface area (Å²) in [6.07, 6.45) is 2.01. The molecule has 61 heavy (non-hydrogen) atoms. The van der Waals surface area contributed by atoms with Gasteiger partial charge >= 0.3 is 5.97 Å². The van der Waals surface area contributed by atoms with E-state index in [0.29, 0.717) is 60.6 Å². The Bertz CT molecular complexity index is 2690. The topological polar surface area (TPSA) is 171 Å². The van der Waals surface area contributed by atoms with Crippen LogP contribution in [0.2, 0.25) is 10.0 Å². The Labute approximate surface area is 360 Å². The van der Waals surface area contributed by atoms with Gasteiger partial charge in [-0.15, -0.1) is 0 Å². The summed E-state index contributed by atoms with van der Waals surface area (Å²) in [5.41, 5.74) is 6.52. The lowest BCUT2D eigenvalue weighted by atomic mass is 9.91. The van der Waals surface area contributed by atoms with E-state index in [4.69, 9.17) is 37.9 Å². The molecular formula is C47H35Cl2N5O7. The van der Waals surface area contributed by atoms with E-state index in [9.17, 15) is 24.3 Å². The lowest BCUT2D eigenvalue weighted by Gasteiger charge is -2.37. The summed E-state index contributed by atoms with van der Waals surface area (Å²) < 4.78 is 12.2. The molecular weight excluding hydrogens is 817 g/mol. The first-order chi connectivity index (χ1) is 29.5. The average Bonchev–Trinajstić information content (AvgIpc) is 3.28. The number of anilines is 1. The predicted molar refractivity (Wildman–Crippen MR) is 227 cm³/mol. The van der Waals surface area contributed by atoms with Crippen LogP contribution in [-0.4, -0.2) is 50.8 Å². The number of hydrogen-bond donors (Lipinski definition) is 3. The van der Waals surface area contributed by atoms with Crippen molar-refractivity contribution >= 4 is 52.6 Å². The van der Waals surface area contributed by atoms with E-state index in [1.807, 2.05) is 30.3 Å². The summed E-state index contributed by atoms with van der Waals surface area (Å²) in [5, 5.41) is 25.9. The summed E-state index contributed by atoms with van der Waals surface area (Å²) in [4.78, 5) is 59.6. The standard InChI is InChI=1S/C47H35Cl2N5O7/c48-37-14-5-29(19-38(37)49)26-60-36-12-10-32(11-13-36)43-45(56)52-39-21-34-22-41(54(25-35(34)23-42(39)61-43)46(57)33-15-17-51-18-16-33)44(55)53-40(47(58)59)20-27-1-6-30(7-2-27)31-8-3-28(24-50)4-9-31/h1-19,21,23,40-41,43H,20,22,25-26H2,(H,52,56)(H,53,55)(H,58,59). The second-order valence-electron chi connectivity index (χ2n) is 14.6. The number of nitrogens with one attached hydrogen (secondary N) is 2. The maximum Gasteiger partial charge on any atom is 0.326 e. The Hall–Kier alpha value is -7.20. The highest BCUT2D eigenvalue weighted by atomic mass is 35.5. The van der Waals surface area contributed by atoms with Gasteiger partial charge in [-0.2, -0.15) is 5.26 Å². The number of pyridine rings is 1. The van der Waals surface area contributed by atoms with Crippen molar-refractivity contribution in [2.75, 3.05) is 5.32 Å². The third-order valence-electron chi connectivity index (χ3n) is 10.6. The smallest absolute Gasteiger partial charge is 0.326 e. The molecule has 3 heterocycles. The predicted octanol–water partition coefficient (Wildman–Crippen LogP) is 7.96. The Morgan fingerprint density at radius 1 is 0.885 bits per heavy atom. The zero-order valence-corrected chi connectivity index (χ0v) is 33.7.